The van der Waals surface area contributed by atoms with Gasteiger partial charge in [-0.3, -0.25) is 9.59 Å². The van der Waals surface area contributed by atoms with E-state index in [0.717, 1.165) is 64.2 Å². The molecule has 288 valence electrons. The van der Waals surface area contributed by atoms with E-state index in [1.165, 1.54) is 70.6 Å². The van der Waals surface area contributed by atoms with E-state index in [4.69, 9.17) is 18.9 Å². The summed E-state index contributed by atoms with van der Waals surface area (Å²) in [5.41, 5.74) is 0. The Kier molecular flexibility index (Phi) is 28.9. The van der Waals surface area contributed by atoms with Crippen LogP contribution < -0.4 is 0 Å². The van der Waals surface area contributed by atoms with Crippen LogP contribution in [0.2, 0.25) is 0 Å². The second-order valence-corrected chi connectivity index (χ2v) is 13.7. The van der Waals surface area contributed by atoms with Gasteiger partial charge in [-0.25, -0.2) is 0 Å². The fourth-order valence-corrected chi connectivity index (χ4v) is 5.95. The first-order chi connectivity index (χ1) is 23.8. The van der Waals surface area contributed by atoms with Crippen molar-refractivity contribution < 1.29 is 49.0 Å². The number of unbranched alkanes of at least 4 members (excludes halogenated alkanes) is 19. The quantitative estimate of drug-likeness (QED) is 0.0322. The van der Waals surface area contributed by atoms with Gasteiger partial charge in [-0.2, -0.15) is 0 Å². The number of aliphatic hydroxyl groups excluding tert-OH is 4. The SMILES string of the molecule is CCCCC/C=C/CCCCCCCC(=O)OC[C@@H](CO[C@H]1O[C@@H](CO)[C@@H](O)C(O)C1O)OC(=O)CCCCCCCCCCCCCC. The number of esters is 2. The molecule has 0 saturated carbocycles. The van der Waals surface area contributed by atoms with Crippen LogP contribution in [0.15, 0.2) is 12.2 Å². The van der Waals surface area contributed by atoms with E-state index < -0.39 is 49.4 Å². The monoisotopic (exact) mass is 701 g/mol. The maximum atomic E-state index is 12.7. The average Bonchev–Trinajstić information content (AvgIpc) is 3.10. The Morgan fingerprint density at radius 2 is 1.08 bits per heavy atom. The van der Waals surface area contributed by atoms with Gasteiger partial charge in [0, 0.05) is 12.8 Å². The molecule has 49 heavy (non-hydrogen) atoms. The zero-order valence-corrected chi connectivity index (χ0v) is 30.9. The maximum Gasteiger partial charge on any atom is 0.306 e. The number of carbonyl (C=O) groups is 2. The third-order valence-electron chi connectivity index (χ3n) is 9.15. The molecule has 0 aliphatic carbocycles. The molecule has 1 aliphatic rings. The molecule has 1 fully saturated rings. The predicted octanol–water partition coefficient (Wildman–Crippen LogP) is 7.22. The summed E-state index contributed by atoms with van der Waals surface area (Å²) in [6, 6.07) is 0. The highest BCUT2D eigenvalue weighted by Gasteiger charge is 2.44. The highest BCUT2D eigenvalue weighted by atomic mass is 16.7. The van der Waals surface area contributed by atoms with Gasteiger partial charge in [0.2, 0.25) is 0 Å². The fraction of sp³-hybridized carbons (Fsp3) is 0.897. The highest BCUT2D eigenvalue weighted by molar-refractivity contribution is 5.70. The molecule has 0 radical (unpaired) electrons. The van der Waals surface area contributed by atoms with Gasteiger partial charge in [-0.05, 0) is 38.5 Å². The predicted molar refractivity (Wildman–Crippen MR) is 192 cm³/mol. The molecule has 1 aliphatic heterocycles. The number of ether oxygens (including phenoxy) is 4. The van der Waals surface area contributed by atoms with Crippen molar-refractivity contribution in [1.82, 2.24) is 0 Å². The van der Waals surface area contributed by atoms with E-state index in [1.54, 1.807) is 0 Å². The van der Waals surface area contributed by atoms with Crippen LogP contribution in [0.1, 0.15) is 168 Å². The van der Waals surface area contributed by atoms with Crippen LogP contribution in [-0.4, -0.2) is 89.0 Å². The molecule has 1 saturated heterocycles. The first-order valence-corrected chi connectivity index (χ1v) is 19.8. The molecule has 0 amide bonds. The summed E-state index contributed by atoms with van der Waals surface area (Å²) in [5, 5.41) is 39.9. The van der Waals surface area contributed by atoms with Crippen LogP contribution in [0.4, 0.5) is 0 Å². The van der Waals surface area contributed by atoms with Crippen molar-refractivity contribution >= 4 is 11.9 Å². The number of rotatable bonds is 32. The van der Waals surface area contributed by atoms with Crippen molar-refractivity contribution in [3.05, 3.63) is 12.2 Å². The van der Waals surface area contributed by atoms with E-state index in [2.05, 4.69) is 26.0 Å². The number of carbonyl (C=O) groups excluding carboxylic acids is 2. The summed E-state index contributed by atoms with van der Waals surface area (Å²) in [7, 11) is 0. The molecule has 6 atom stereocenters. The molecule has 1 rings (SSSR count). The lowest BCUT2D eigenvalue weighted by Gasteiger charge is -2.39. The van der Waals surface area contributed by atoms with Crippen molar-refractivity contribution in [2.45, 2.75) is 205 Å². The van der Waals surface area contributed by atoms with E-state index in [1.807, 2.05) is 0 Å². The third kappa shape index (κ3) is 23.5. The summed E-state index contributed by atoms with van der Waals surface area (Å²) >= 11 is 0. The summed E-state index contributed by atoms with van der Waals surface area (Å²) in [5.74, 6) is -0.814. The van der Waals surface area contributed by atoms with Crippen LogP contribution in [0.5, 0.6) is 0 Å². The molecule has 0 aromatic heterocycles. The van der Waals surface area contributed by atoms with Crippen molar-refractivity contribution in [3.8, 4) is 0 Å². The standard InChI is InChI=1S/C39H72O10/c1-3-5-7-9-11-13-15-17-19-21-23-25-27-34(41)46-30-32(31-47-39-38(45)37(44)36(43)33(29-40)49-39)48-35(42)28-26-24-22-20-18-16-14-12-10-8-6-4-2/h11,13,32-33,36-40,43-45H,3-10,12,14-31H2,1-2H3/b13-11+/t32-,33-,36+,37?,38?,39-/m0/s1. The van der Waals surface area contributed by atoms with Gasteiger partial charge < -0.3 is 39.4 Å². The lowest BCUT2D eigenvalue weighted by molar-refractivity contribution is -0.305. The zero-order chi connectivity index (χ0) is 36.0. The Balaban J connectivity index is 2.40. The van der Waals surface area contributed by atoms with Crippen LogP contribution in [-0.2, 0) is 28.5 Å². The first kappa shape index (κ1) is 45.5. The molecule has 0 bridgehead atoms. The van der Waals surface area contributed by atoms with Crippen molar-refractivity contribution in [3.63, 3.8) is 0 Å². The molecule has 10 heteroatoms. The van der Waals surface area contributed by atoms with Gasteiger partial charge in [0.25, 0.3) is 0 Å². The molecule has 1 heterocycles. The molecule has 0 aromatic carbocycles. The molecule has 10 nitrogen and oxygen atoms in total. The number of allylic oxidation sites excluding steroid dienone is 2. The first-order valence-electron chi connectivity index (χ1n) is 19.8. The minimum atomic E-state index is -1.59. The summed E-state index contributed by atoms with van der Waals surface area (Å²) in [4.78, 5) is 25.1. The zero-order valence-electron chi connectivity index (χ0n) is 30.9. The lowest BCUT2D eigenvalue weighted by atomic mass is 9.99. The van der Waals surface area contributed by atoms with Crippen molar-refractivity contribution in [1.29, 1.82) is 0 Å². The molecule has 0 spiro atoms. The number of hydrogen-bond acceptors (Lipinski definition) is 10. The van der Waals surface area contributed by atoms with Gasteiger partial charge in [-0.15, -0.1) is 0 Å². The van der Waals surface area contributed by atoms with E-state index >= 15 is 0 Å². The van der Waals surface area contributed by atoms with Gasteiger partial charge in [-0.1, -0.05) is 129 Å². The fourth-order valence-electron chi connectivity index (χ4n) is 5.95. The Labute approximate surface area is 297 Å². The van der Waals surface area contributed by atoms with Crippen LogP contribution in [0.25, 0.3) is 0 Å². The lowest BCUT2D eigenvalue weighted by Crippen LogP contribution is -2.59. The van der Waals surface area contributed by atoms with Crippen molar-refractivity contribution in [2.75, 3.05) is 19.8 Å². The van der Waals surface area contributed by atoms with Gasteiger partial charge >= 0.3 is 11.9 Å². The minimum absolute atomic E-state index is 0.217. The number of hydrogen-bond donors (Lipinski definition) is 4. The Morgan fingerprint density at radius 3 is 1.63 bits per heavy atom. The van der Waals surface area contributed by atoms with E-state index in [9.17, 15) is 30.0 Å². The number of aliphatic hydroxyl groups is 4. The molecule has 0 aromatic rings. The van der Waals surface area contributed by atoms with Gasteiger partial charge in [0.15, 0.2) is 12.4 Å². The third-order valence-corrected chi connectivity index (χ3v) is 9.15. The maximum absolute atomic E-state index is 12.7. The average molecular weight is 701 g/mol. The normalized spacial score (nSPS) is 21.6. The summed E-state index contributed by atoms with van der Waals surface area (Å²) in [6.07, 6.45) is 22.2. The second kappa shape index (κ2) is 31.2. The van der Waals surface area contributed by atoms with Crippen LogP contribution in [0, 0.1) is 0 Å². The van der Waals surface area contributed by atoms with E-state index in [0.29, 0.717) is 6.42 Å². The molecular formula is C39H72O10. The Morgan fingerprint density at radius 1 is 0.612 bits per heavy atom. The van der Waals surface area contributed by atoms with Crippen LogP contribution >= 0.6 is 0 Å². The Bertz CT molecular complexity index is 820. The topological polar surface area (TPSA) is 152 Å². The second-order valence-electron chi connectivity index (χ2n) is 13.7. The smallest absolute Gasteiger partial charge is 0.306 e. The highest BCUT2D eigenvalue weighted by Crippen LogP contribution is 2.22. The van der Waals surface area contributed by atoms with E-state index in [-0.39, 0.29) is 32.0 Å². The summed E-state index contributed by atoms with van der Waals surface area (Å²) in [6.45, 7) is 3.37. The Hall–Kier alpha value is -1.56. The van der Waals surface area contributed by atoms with Gasteiger partial charge in [0.1, 0.15) is 31.0 Å². The summed E-state index contributed by atoms with van der Waals surface area (Å²) < 4.78 is 22.0. The molecule has 4 N–H and O–H groups in total. The van der Waals surface area contributed by atoms with Crippen molar-refractivity contribution in [2.24, 2.45) is 0 Å². The molecule has 2 unspecified atom stereocenters. The van der Waals surface area contributed by atoms with Gasteiger partial charge in [0.05, 0.1) is 13.2 Å². The van der Waals surface area contributed by atoms with Crippen LogP contribution in [0.3, 0.4) is 0 Å². The minimum Gasteiger partial charge on any atom is -0.462 e. The largest absolute Gasteiger partial charge is 0.462 e. The molecular weight excluding hydrogens is 628 g/mol.